The molecule has 0 bridgehead atoms. The maximum atomic E-state index is 4.52. The third-order valence-electron chi connectivity index (χ3n) is 2.61. The Kier molecular flexibility index (Phi) is 4.86. The van der Waals surface area contributed by atoms with Gasteiger partial charge in [0.2, 0.25) is 0 Å². The topological polar surface area (TPSA) is 37.3 Å². The summed E-state index contributed by atoms with van der Waals surface area (Å²) in [4.78, 5) is 8.97. The maximum absolute atomic E-state index is 4.52. The lowest BCUT2D eigenvalue weighted by atomic mass is 10.2. The predicted molar refractivity (Wildman–Crippen MR) is 77.1 cm³/mol. The normalized spacial score (nSPS) is 19.4. The molecular weight excluding hydrogens is 250 g/mol. The van der Waals surface area contributed by atoms with Crippen molar-refractivity contribution in [3.63, 3.8) is 0 Å². The van der Waals surface area contributed by atoms with Gasteiger partial charge in [0.1, 0.15) is 0 Å². The van der Waals surface area contributed by atoms with Gasteiger partial charge in [-0.2, -0.15) is 0 Å². The molecule has 94 valence electrons. The fraction of sp³-hybridized carbons (Fsp3) is 0.667. The van der Waals surface area contributed by atoms with Crippen molar-refractivity contribution in [3.05, 3.63) is 16.1 Å². The Balaban J connectivity index is 1.66. The van der Waals surface area contributed by atoms with Gasteiger partial charge < -0.3 is 5.32 Å². The van der Waals surface area contributed by atoms with E-state index < -0.39 is 0 Å². The highest BCUT2D eigenvalue weighted by molar-refractivity contribution is 8.14. The molecule has 1 aliphatic heterocycles. The lowest BCUT2D eigenvalue weighted by Crippen LogP contribution is -2.22. The standard InChI is InChI=1S/C12H19N3S2/c1-3-4-10-7-14-12(17-10)13-6-5-11-15-9(2)8-16-11/h8,10H,3-7H2,1-2H3,(H,13,14). The number of nitrogens with one attached hydrogen (secondary N) is 1. The van der Waals surface area contributed by atoms with Gasteiger partial charge in [0.25, 0.3) is 0 Å². The first-order chi connectivity index (χ1) is 8.28. The first-order valence-electron chi connectivity index (χ1n) is 6.14. The zero-order valence-corrected chi connectivity index (χ0v) is 12.0. The summed E-state index contributed by atoms with van der Waals surface area (Å²) in [6.45, 7) is 6.20. The van der Waals surface area contributed by atoms with E-state index in [2.05, 4.69) is 27.6 Å². The Bertz CT molecular complexity index is 387. The average molecular weight is 269 g/mol. The van der Waals surface area contributed by atoms with Gasteiger partial charge in [-0.15, -0.1) is 11.3 Å². The van der Waals surface area contributed by atoms with Crippen LogP contribution in [0.3, 0.4) is 0 Å². The van der Waals surface area contributed by atoms with Crippen LogP contribution in [-0.4, -0.2) is 28.5 Å². The van der Waals surface area contributed by atoms with Crippen molar-refractivity contribution in [1.82, 2.24) is 10.3 Å². The number of amidine groups is 1. The Morgan fingerprint density at radius 1 is 1.53 bits per heavy atom. The zero-order chi connectivity index (χ0) is 12.1. The highest BCUT2D eigenvalue weighted by atomic mass is 32.2. The third-order valence-corrected chi connectivity index (χ3v) is 4.85. The van der Waals surface area contributed by atoms with Gasteiger partial charge in [0.05, 0.1) is 11.6 Å². The summed E-state index contributed by atoms with van der Waals surface area (Å²) < 4.78 is 0. The molecule has 0 fully saturated rings. The van der Waals surface area contributed by atoms with Crippen LogP contribution in [0, 0.1) is 6.92 Å². The number of thiazole rings is 1. The second-order valence-corrected chi connectivity index (χ2v) is 6.47. The fourth-order valence-corrected chi connectivity index (χ4v) is 3.71. The molecule has 2 heterocycles. The molecular formula is C12H19N3S2. The maximum Gasteiger partial charge on any atom is 0.156 e. The van der Waals surface area contributed by atoms with Gasteiger partial charge in [0.15, 0.2) is 5.17 Å². The van der Waals surface area contributed by atoms with E-state index in [9.17, 15) is 0 Å². The first kappa shape index (κ1) is 12.9. The summed E-state index contributed by atoms with van der Waals surface area (Å²) in [5, 5.41) is 8.55. The lowest BCUT2D eigenvalue weighted by molar-refractivity contribution is 0.753. The quantitative estimate of drug-likeness (QED) is 0.893. The van der Waals surface area contributed by atoms with Crippen molar-refractivity contribution >= 4 is 28.3 Å². The molecule has 5 heteroatoms. The molecule has 1 unspecified atom stereocenters. The molecule has 0 spiro atoms. The monoisotopic (exact) mass is 269 g/mol. The number of nitrogens with zero attached hydrogens (tertiary/aromatic N) is 2. The van der Waals surface area contributed by atoms with Crippen LogP contribution in [0.25, 0.3) is 0 Å². The number of thioether (sulfide) groups is 1. The minimum absolute atomic E-state index is 0.699. The largest absolute Gasteiger partial charge is 0.364 e. The Morgan fingerprint density at radius 3 is 3.12 bits per heavy atom. The predicted octanol–water partition coefficient (Wildman–Crippen LogP) is 2.86. The summed E-state index contributed by atoms with van der Waals surface area (Å²) in [6, 6.07) is 0. The zero-order valence-electron chi connectivity index (χ0n) is 10.4. The Morgan fingerprint density at radius 2 is 2.41 bits per heavy atom. The summed E-state index contributed by atoms with van der Waals surface area (Å²) in [5.41, 5.74) is 1.13. The van der Waals surface area contributed by atoms with Gasteiger partial charge in [-0.05, 0) is 13.3 Å². The third kappa shape index (κ3) is 4.00. The van der Waals surface area contributed by atoms with Crippen LogP contribution < -0.4 is 5.32 Å². The molecule has 1 N–H and O–H groups in total. The van der Waals surface area contributed by atoms with Crippen LogP contribution in [0.5, 0.6) is 0 Å². The van der Waals surface area contributed by atoms with Crippen molar-refractivity contribution in [2.45, 2.75) is 38.4 Å². The molecule has 3 nitrogen and oxygen atoms in total. The first-order valence-corrected chi connectivity index (χ1v) is 7.90. The number of hydrogen-bond donors (Lipinski definition) is 1. The number of aliphatic imine (C=N–C) groups is 1. The van der Waals surface area contributed by atoms with Crippen molar-refractivity contribution in [2.24, 2.45) is 4.99 Å². The van der Waals surface area contributed by atoms with Gasteiger partial charge >= 0.3 is 0 Å². The molecule has 1 aliphatic rings. The van der Waals surface area contributed by atoms with Gasteiger partial charge in [-0.3, -0.25) is 4.99 Å². The molecule has 0 aromatic carbocycles. The van der Waals surface area contributed by atoms with Crippen LogP contribution >= 0.6 is 23.1 Å². The van der Waals surface area contributed by atoms with Crippen LogP contribution in [0.15, 0.2) is 10.4 Å². The number of aryl methyl sites for hydroxylation is 1. The molecule has 0 saturated heterocycles. The highest BCUT2D eigenvalue weighted by Gasteiger charge is 2.17. The smallest absolute Gasteiger partial charge is 0.156 e. The number of rotatable bonds is 5. The molecule has 0 amide bonds. The summed E-state index contributed by atoms with van der Waals surface area (Å²) in [5.74, 6) is 0. The van der Waals surface area contributed by atoms with Gasteiger partial charge in [-0.1, -0.05) is 25.1 Å². The Labute approximate surface area is 111 Å². The number of aromatic nitrogens is 1. The number of hydrogen-bond acceptors (Lipinski definition) is 5. The van der Waals surface area contributed by atoms with Gasteiger partial charge in [0, 0.05) is 29.3 Å². The van der Waals surface area contributed by atoms with Crippen molar-refractivity contribution in [2.75, 3.05) is 13.1 Å². The van der Waals surface area contributed by atoms with Crippen molar-refractivity contribution < 1.29 is 0 Å². The lowest BCUT2D eigenvalue weighted by Gasteiger charge is -2.06. The molecule has 1 aromatic rings. The van der Waals surface area contributed by atoms with E-state index in [4.69, 9.17) is 0 Å². The van der Waals surface area contributed by atoms with E-state index in [0.717, 1.165) is 30.4 Å². The summed E-state index contributed by atoms with van der Waals surface area (Å²) in [7, 11) is 0. The van der Waals surface area contributed by atoms with E-state index in [1.807, 2.05) is 18.7 Å². The minimum Gasteiger partial charge on any atom is -0.364 e. The van der Waals surface area contributed by atoms with Gasteiger partial charge in [-0.25, -0.2) is 4.98 Å². The molecule has 1 aromatic heterocycles. The van der Waals surface area contributed by atoms with E-state index in [0.29, 0.717) is 5.25 Å². The molecule has 2 rings (SSSR count). The van der Waals surface area contributed by atoms with Crippen molar-refractivity contribution in [3.8, 4) is 0 Å². The molecule has 17 heavy (non-hydrogen) atoms. The van der Waals surface area contributed by atoms with E-state index in [1.54, 1.807) is 11.3 Å². The van der Waals surface area contributed by atoms with Crippen LogP contribution in [0.1, 0.15) is 30.5 Å². The van der Waals surface area contributed by atoms with E-state index >= 15 is 0 Å². The molecule has 0 saturated carbocycles. The fourth-order valence-electron chi connectivity index (χ4n) is 1.78. The Hall–Kier alpha value is -0.550. The van der Waals surface area contributed by atoms with E-state index in [-0.39, 0.29) is 0 Å². The second-order valence-electron chi connectivity index (χ2n) is 4.23. The highest BCUT2D eigenvalue weighted by Crippen LogP contribution is 2.23. The SMILES string of the molecule is CCCC1CN=C(NCCc2nc(C)cs2)S1. The van der Waals surface area contributed by atoms with Crippen LogP contribution in [0.2, 0.25) is 0 Å². The van der Waals surface area contributed by atoms with Crippen LogP contribution in [0.4, 0.5) is 0 Å². The average Bonchev–Trinajstić information content (AvgIpc) is 2.89. The van der Waals surface area contributed by atoms with Crippen LogP contribution in [-0.2, 0) is 6.42 Å². The molecule has 0 radical (unpaired) electrons. The summed E-state index contributed by atoms with van der Waals surface area (Å²) in [6.07, 6.45) is 3.51. The molecule has 1 atom stereocenters. The molecule has 0 aliphatic carbocycles. The van der Waals surface area contributed by atoms with Crippen molar-refractivity contribution in [1.29, 1.82) is 0 Å². The second kappa shape index (κ2) is 6.40. The summed E-state index contributed by atoms with van der Waals surface area (Å²) >= 11 is 3.64. The minimum atomic E-state index is 0.699. The van der Waals surface area contributed by atoms with E-state index in [1.165, 1.54) is 17.8 Å².